The summed E-state index contributed by atoms with van der Waals surface area (Å²) in [7, 11) is 0. The average Bonchev–Trinajstić information content (AvgIpc) is 2.81. The van der Waals surface area contributed by atoms with Gasteiger partial charge in [0.05, 0.1) is 6.54 Å². The zero-order valence-corrected chi connectivity index (χ0v) is 16.1. The zero-order valence-electron chi connectivity index (χ0n) is 13.0. The number of nitrogens with zero attached hydrogens (tertiary/aromatic N) is 2. The van der Waals surface area contributed by atoms with E-state index in [9.17, 15) is 0 Å². The van der Waals surface area contributed by atoms with Crippen molar-refractivity contribution in [1.82, 2.24) is 4.57 Å². The first-order chi connectivity index (χ1) is 10.7. The van der Waals surface area contributed by atoms with E-state index >= 15 is 0 Å². The van der Waals surface area contributed by atoms with Crippen molar-refractivity contribution in [1.29, 1.82) is 0 Å². The SMILES string of the molecule is CCCCn1c[n+](Cc2ccc3ccccc3c2)c(Cl)c1Cl.[Br-]. The second kappa shape index (κ2) is 8.18. The van der Waals surface area contributed by atoms with Crippen LogP contribution in [0.15, 0.2) is 48.8 Å². The van der Waals surface area contributed by atoms with Gasteiger partial charge < -0.3 is 17.0 Å². The van der Waals surface area contributed by atoms with Crippen LogP contribution in [0, 0.1) is 0 Å². The predicted molar refractivity (Wildman–Crippen MR) is 92.6 cm³/mol. The van der Waals surface area contributed by atoms with Crippen molar-refractivity contribution in [3.05, 3.63) is 64.7 Å². The smallest absolute Gasteiger partial charge is 0.255 e. The van der Waals surface area contributed by atoms with Crippen LogP contribution in [0.1, 0.15) is 25.3 Å². The molecule has 0 amide bonds. The fraction of sp³-hybridized carbons (Fsp3) is 0.278. The summed E-state index contributed by atoms with van der Waals surface area (Å²) in [5, 5.41) is 3.72. The Labute approximate surface area is 157 Å². The zero-order chi connectivity index (χ0) is 15.5. The molecule has 0 atom stereocenters. The van der Waals surface area contributed by atoms with Crippen molar-refractivity contribution in [3.63, 3.8) is 0 Å². The molecule has 2 nitrogen and oxygen atoms in total. The Morgan fingerprint density at radius 2 is 1.78 bits per heavy atom. The van der Waals surface area contributed by atoms with Gasteiger partial charge in [-0.15, -0.1) is 0 Å². The number of imidazole rings is 1. The topological polar surface area (TPSA) is 8.81 Å². The average molecular weight is 414 g/mol. The lowest BCUT2D eigenvalue weighted by Gasteiger charge is -2.02. The van der Waals surface area contributed by atoms with E-state index in [2.05, 4.69) is 49.4 Å². The molecule has 0 radical (unpaired) electrons. The molecule has 122 valence electrons. The molecule has 0 aliphatic heterocycles. The Bertz CT molecular complexity index is 799. The molecule has 3 aromatic rings. The molecule has 0 unspecified atom stereocenters. The highest BCUT2D eigenvalue weighted by molar-refractivity contribution is 6.39. The summed E-state index contributed by atoms with van der Waals surface area (Å²) in [5.74, 6) is 0. The molecular weight excluding hydrogens is 395 g/mol. The summed E-state index contributed by atoms with van der Waals surface area (Å²) < 4.78 is 4.03. The number of aromatic nitrogens is 2. The highest BCUT2D eigenvalue weighted by atomic mass is 79.9. The molecule has 0 N–H and O–H groups in total. The number of unbranched alkanes of at least 4 members (excludes halogenated alkanes) is 1. The van der Waals surface area contributed by atoms with Crippen molar-refractivity contribution in [3.8, 4) is 0 Å². The molecule has 0 aliphatic carbocycles. The molecule has 0 saturated heterocycles. The van der Waals surface area contributed by atoms with Crippen LogP contribution in [-0.4, -0.2) is 4.57 Å². The normalized spacial score (nSPS) is 10.7. The Kier molecular flexibility index (Phi) is 6.51. The van der Waals surface area contributed by atoms with Gasteiger partial charge in [0.15, 0.2) is 0 Å². The van der Waals surface area contributed by atoms with E-state index in [1.165, 1.54) is 16.3 Å². The molecule has 0 fully saturated rings. The predicted octanol–water partition coefficient (Wildman–Crippen LogP) is 2.09. The van der Waals surface area contributed by atoms with E-state index < -0.39 is 0 Å². The van der Waals surface area contributed by atoms with Crippen LogP contribution in [0.25, 0.3) is 10.8 Å². The van der Waals surface area contributed by atoms with Crippen LogP contribution in [0.2, 0.25) is 10.3 Å². The highest BCUT2D eigenvalue weighted by Gasteiger charge is 2.19. The van der Waals surface area contributed by atoms with Crippen LogP contribution >= 0.6 is 23.2 Å². The summed E-state index contributed by atoms with van der Waals surface area (Å²) in [6, 6.07) is 14.9. The third-order valence-electron chi connectivity index (χ3n) is 3.87. The third kappa shape index (κ3) is 4.09. The number of fused-ring (bicyclic) bond motifs is 1. The number of hydrogen-bond donors (Lipinski definition) is 0. The molecular formula is C18H19BrCl2N2. The van der Waals surface area contributed by atoms with Gasteiger partial charge in [0.25, 0.3) is 10.3 Å². The van der Waals surface area contributed by atoms with E-state index in [1.54, 1.807) is 0 Å². The fourth-order valence-corrected chi connectivity index (χ4v) is 3.08. The Morgan fingerprint density at radius 3 is 2.52 bits per heavy atom. The first-order valence-corrected chi connectivity index (χ1v) is 8.36. The van der Waals surface area contributed by atoms with Crippen LogP contribution in [0.5, 0.6) is 0 Å². The van der Waals surface area contributed by atoms with Gasteiger partial charge in [0.2, 0.25) is 6.33 Å². The number of hydrogen-bond acceptors (Lipinski definition) is 0. The molecule has 0 bridgehead atoms. The molecule has 3 rings (SSSR count). The van der Waals surface area contributed by atoms with E-state index in [4.69, 9.17) is 23.2 Å². The maximum atomic E-state index is 6.37. The van der Waals surface area contributed by atoms with E-state index in [1.807, 2.05) is 15.5 Å². The molecule has 0 spiro atoms. The van der Waals surface area contributed by atoms with E-state index in [-0.39, 0.29) is 17.0 Å². The quantitative estimate of drug-likeness (QED) is 0.566. The van der Waals surface area contributed by atoms with Gasteiger partial charge in [-0.2, -0.15) is 0 Å². The second-order valence-corrected chi connectivity index (χ2v) is 6.27. The van der Waals surface area contributed by atoms with Crippen molar-refractivity contribution >= 4 is 34.0 Å². The van der Waals surface area contributed by atoms with E-state index in [0.717, 1.165) is 25.9 Å². The number of rotatable bonds is 5. The lowest BCUT2D eigenvalue weighted by molar-refractivity contribution is -0.685. The summed E-state index contributed by atoms with van der Waals surface area (Å²) in [4.78, 5) is 0. The summed E-state index contributed by atoms with van der Waals surface area (Å²) in [6.45, 7) is 3.80. The molecule has 1 heterocycles. The minimum Gasteiger partial charge on any atom is -1.00 e. The van der Waals surface area contributed by atoms with Crippen molar-refractivity contribution in [2.75, 3.05) is 0 Å². The number of benzene rings is 2. The van der Waals surface area contributed by atoms with Crippen molar-refractivity contribution in [2.24, 2.45) is 0 Å². The summed E-state index contributed by atoms with van der Waals surface area (Å²) in [6.07, 6.45) is 4.24. The second-order valence-electron chi connectivity index (χ2n) is 5.55. The number of halogens is 3. The lowest BCUT2D eigenvalue weighted by atomic mass is 10.1. The van der Waals surface area contributed by atoms with Gasteiger partial charge in [0, 0.05) is 0 Å². The van der Waals surface area contributed by atoms with Gasteiger partial charge in [-0.3, -0.25) is 0 Å². The fourth-order valence-electron chi connectivity index (χ4n) is 2.64. The Morgan fingerprint density at radius 1 is 1.04 bits per heavy atom. The van der Waals surface area contributed by atoms with Gasteiger partial charge in [-0.25, -0.2) is 9.13 Å². The minimum atomic E-state index is 0. The Balaban J connectivity index is 0.00000192. The largest absolute Gasteiger partial charge is 1.00 e. The van der Waals surface area contributed by atoms with Gasteiger partial charge >= 0.3 is 0 Å². The summed E-state index contributed by atoms with van der Waals surface area (Å²) in [5.41, 5.74) is 1.22. The maximum Gasteiger partial charge on any atom is 0.255 e. The van der Waals surface area contributed by atoms with Crippen LogP contribution < -0.4 is 21.5 Å². The van der Waals surface area contributed by atoms with Gasteiger partial charge in [0.1, 0.15) is 6.54 Å². The molecule has 0 aliphatic rings. The standard InChI is InChI=1S/C18H19Cl2N2.BrH/c1-2-3-10-21-13-22(18(20)17(21)19)12-14-8-9-15-6-4-5-7-16(15)11-14;/h4-9,11,13H,2-3,10,12H2,1H3;1H/q+1;/p-1. The molecule has 2 aromatic carbocycles. The molecule has 23 heavy (non-hydrogen) atoms. The lowest BCUT2D eigenvalue weighted by Crippen LogP contribution is -3.00. The van der Waals surface area contributed by atoms with Gasteiger partial charge in [-0.05, 0) is 52.0 Å². The van der Waals surface area contributed by atoms with E-state index in [0.29, 0.717) is 10.3 Å². The monoisotopic (exact) mass is 412 g/mol. The maximum absolute atomic E-state index is 6.37. The minimum absolute atomic E-state index is 0. The summed E-state index contributed by atoms with van der Waals surface area (Å²) >= 11 is 12.7. The van der Waals surface area contributed by atoms with Crippen molar-refractivity contribution in [2.45, 2.75) is 32.9 Å². The molecule has 5 heteroatoms. The third-order valence-corrected chi connectivity index (χ3v) is 4.76. The van der Waals surface area contributed by atoms with Crippen LogP contribution in [0.4, 0.5) is 0 Å². The van der Waals surface area contributed by atoms with Gasteiger partial charge in [-0.1, -0.05) is 49.7 Å². The van der Waals surface area contributed by atoms with Crippen molar-refractivity contribution < 1.29 is 21.5 Å². The van der Waals surface area contributed by atoms with Crippen LogP contribution in [-0.2, 0) is 13.1 Å². The Hall–Kier alpha value is -1.03. The highest BCUT2D eigenvalue weighted by Crippen LogP contribution is 2.20. The first-order valence-electron chi connectivity index (χ1n) is 7.60. The molecule has 1 aromatic heterocycles. The first kappa shape index (κ1) is 18.3. The molecule has 0 saturated carbocycles. The van der Waals surface area contributed by atoms with Crippen LogP contribution in [0.3, 0.4) is 0 Å². The number of aryl methyl sites for hydroxylation is 1.